The van der Waals surface area contributed by atoms with Gasteiger partial charge in [0, 0.05) is 5.56 Å². The van der Waals surface area contributed by atoms with Crippen LogP contribution in [0, 0.1) is 11.3 Å². The number of hydroxylamine groups is 1. The second-order valence-electron chi connectivity index (χ2n) is 2.35. The number of amides is 1. The van der Waals surface area contributed by atoms with Crippen LogP contribution in [0.25, 0.3) is 0 Å². The summed E-state index contributed by atoms with van der Waals surface area (Å²) in [5, 5.41) is 16.8. The monoisotopic (exact) mass is 177 g/mol. The maximum atomic E-state index is 10.9. The number of carbonyl (C=O) groups excluding carboxylic acids is 1. The van der Waals surface area contributed by atoms with Gasteiger partial charge in [-0.25, -0.2) is 5.48 Å². The van der Waals surface area contributed by atoms with E-state index in [0.717, 1.165) is 0 Å². The fourth-order valence-corrected chi connectivity index (χ4v) is 0.870. The van der Waals surface area contributed by atoms with Crippen LogP contribution in [0.4, 0.5) is 5.69 Å². The highest BCUT2D eigenvalue weighted by atomic mass is 16.5. The number of hydrogen-bond acceptors (Lipinski definition) is 4. The van der Waals surface area contributed by atoms with E-state index in [1.165, 1.54) is 23.7 Å². The molecule has 0 aromatic heterocycles. The molecule has 0 bridgehead atoms. The Morgan fingerprint density at radius 3 is 2.77 bits per heavy atom. The van der Waals surface area contributed by atoms with Crippen molar-refractivity contribution in [2.75, 3.05) is 5.73 Å². The lowest BCUT2D eigenvalue weighted by molar-refractivity contribution is 0.0706. The molecule has 0 aliphatic heterocycles. The molecule has 5 heteroatoms. The molecule has 0 spiro atoms. The van der Waals surface area contributed by atoms with E-state index < -0.39 is 5.91 Å². The van der Waals surface area contributed by atoms with E-state index in [4.69, 9.17) is 16.2 Å². The lowest BCUT2D eigenvalue weighted by atomic mass is 10.1. The first-order valence-electron chi connectivity index (χ1n) is 3.43. The number of benzene rings is 1. The minimum Gasteiger partial charge on any atom is -0.398 e. The van der Waals surface area contributed by atoms with E-state index in [0.29, 0.717) is 5.56 Å². The third-order valence-corrected chi connectivity index (χ3v) is 1.54. The number of nitrogens with zero attached hydrogens (tertiary/aromatic N) is 1. The van der Waals surface area contributed by atoms with E-state index in [1.54, 1.807) is 0 Å². The molecule has 66 valence electrons. The van der Waals surface area contributed by atoms with Gasteiger partial charge in [-0.3, -0.25) is 10.0 Å². The summed E-state index contributed by atoms with van der Waals surface area (Å²) in [6.45, 7) is 0. The Kier molecular flexibility index (Phi) is 2.47. The molecule has 0 unspecified atom stereocenters. The Hall–Kier alpha value is -2.06. The molecule has 1 amide bonds. The number of anilines is 1. The van der Waals surface area contributed by atoms with Gasteiger partial charge < -0.3 is 5.73 Å². The summed E-state index contributed by atoms with van der Waals surface area (Å²) in [5.74, 6) is -0.656. The number of nitrogens with two attached hydrogens (primary N) is 1. The minimum atomic E-state index is -0.656. The summed E-state index contributed by atoms with van der Waals surface area (Å²) >= 11 is 0. The molecule has 5 nitrogen and oxygen atoms in total. The summed E-state index contributed by atoms with van der Waals surface area (Å²) in [7, 11) is 0. The zero-order valence-corrected chi connectivity index (χ0v) is 6.61. The number of hydrogen-bond donors (Lipinski definition) is 3. The second kappa shape index (κ2) is 3.56. The SMILES string of the molecule is N#Cc1ccc(C(=O)NO)cc1N. The quantitative estimate of drug-likeness (QED) is 0.325. The van der Waals surface area contributed by atoms with Gasteiger partial charge in [0.2, 0.25) is 0 Å². The maximum absolute atomic E-state index is 10.9. The third-order valence-electron chi connectivity index (χ3n) is 1.54. The lowest BCUT2D eigenvalue weighted by Gasteiger charge is -2.00. The van der Waals surface area contributed by atoms with Crippen molar-refractivity contribution in [3.8, 4) is 6.07 Å². The molecule has 0 saturated carbocycles. The van der Waals surface area contributed by atoms with Gasteiger partial charge in [0.1, 0.15) is 6.07 Å². The Bertz CT molecular complexity index is 381. The minimum absolute atomic E-state index is 0.207. The van der Waals surface area contributed by atoms with Crippen LogP contribution >= 0.6 is 0 Å². The van der Waals surface area contributed by atoms with Crippen LogP contribution in [0.15, 0.2) is 18.2 Å². The Balaban J connectivity index is 3.11. The average molecular weight is 177 g/mol. The molecule has 0 fully saturated rings. The van der Waals surface area contributed by atoms with E-state index in [1.807, 2.05) is 6.07 Å². The first-order valence-corrected chi connectivity index (χ1v) is 3.43. The highest BCUT2D eigenvalue weighted by Crippen LogP contribution is 2.12. The van der Waals surface area contributed by atoms with Crippen molar-refractivity contribution >= 4 is 11.6 Å². The van der Waals surface area contributed by atoms with E-state index in [-0.39, 0.29) is 11.3 Å². The zero-order valence-electron chi connectivity index (χ0n) is 6.61. The standard InChI is InChI=1S/C8H7N3O2/c9-4-6-2-1-5(3-7(6)10)8(12)11-13/h1-3,13H,10H2,(H,11,12). The van der Waals surface area contributed by atoms with Crippen molar-refractivity contribution in [1.82, 2.24) is 5.48 Å². The molecule has 1 aromatic rings. The number of rotatable bonds is 1. The first kappa shape index (κ1) is 9.03. The summed E-state index contributed by atoms with van der Waals surface area (Å²) < 4.78 is 0. The van der Waals surface area contributed by atoms with Gasteiger partial charge in [-0.15, -0.1) is 0 Å². The molecule has 0 heterocycles. The molecule has 1 rings (SSSR count). The molecule has 13 heavy (non-hydrogen) atoms. The van der Waals surface area contributed by atoms with E-state index >= 15 is 0 Å². The van der Waals surface area contributed by atoms with Crippen LogP contribution in [-0.4, -0.2) is 11.1 Å². The highest BCUT2D eigenvalue weighted by molar-refractivity contribution is 5.94. The summed E-state index contributed by atoms with van der Waals surface area (Å²) in [4.78, 5) is 10.9. The molecule has 0 saturated heterocycles. The Labute approximate surface area is 74.4 Å². The van der Waals surface area contributed by atoms with Crippen molar-refractivity contribution in [3.63, 3.8) is 0 Å². The Morgan fingerprint density at radius 2 is 2.31 bits per heavy atom. The van der Waals surface area contributed by atoms with E-state index in [9.17, 15) is 4.79 Å². The molecular formula is C8H7N3O2. The lowest BCUT2D eigenvalue weighted by Crippen LogP contribution is -2.18. The van der Waals surface area contributed by atoms with Crippen molar-refractivity contribution < 1.29 is 10.0 Å². The van der Waals surface area contributed by atoms with E-state index in [2.05, 4.69) is 0 Å². The largest absolute Gasteiger partial charge is 0.398 e. The molecular weight excluding hydrogens is 170 g/mol. The molecule has 0 atom stereocenters. The predicted molar refractivity (Wildman–Crippen MR) is 44.8 cm³/mol. The summed E-state index contributed by atoms with van der Waals surface area (Å²) in [5.41, 5.74) is 7.63. The van der Waals surface area contributed by atoms with Gasteiger partial charge in [0.25, 0.3) is 5.91 Å². The summed E-state index contributed by atoms with van der Waals surface area (Å²) in [6.07, 6.45) is 0. The van der Waals surface area contributed by atoms with Crippen molar-refractivity contribution in [2.45, 2.75) is 0 Å². The smallest absolute Gasteiger partial charge is 0.274 e. The van der Waals surface area contributed by atoms with Gasteiger partial charge >= 0.3 is 0 Å². The summed E-state index contributed by atoms with van der Waals surface area (Å²) in [6, 6.07) is 6.00. The van der Waals surface area contributed by atoms with Crippen LogP contribution in [0.5, 0.6) is 0 Å². The fourth-order valence-electron chi connectivity index (χ4n) is 0.870. The fraction of sp³-hybridized carbons (Fsp3) is 0. The molecule has 1 aromatic carbocycles. The number of nitrogens with one attached hydrogen (secondary N) is 1. The number of carbonyl (C=O) groups is 1. The second-order valence-corrected chi connectivity index (χ2v) is 2.35. The molecule has 4 N–H and O–H groups in total. The Morgan fingerprint density at radius 1 is 1.62 bits per heavy atom. The zero-order chi connectivity index (χ0) is 9.84. The normalized spacial score (nSPS) is 8.92. The van der Waals surface area contributed by atoms with Gasteiger partial charge in [-0.2, -0.15) is 5.26 Å². The average Bonchev–Trinajstić information content (AvgIpc) is 2.16. The van der Waals surface area contributed by atoms with Crippen LogP contribution < -0.4 is 11.2 Å². The van der Waals surface area contributed by atoms with Crippen LogP contribution in [0.1, 0.15) is 15.9 Å². The van der Waals surface area contributed by atoms with Crippen molar-refractivity contribution in [1.29, 1.82) is 5.26 Å². The van der Waals surface area contributed by atoms with Crippen molar-refractivity contribution in [2.24, 2.45) is 0 Å². The van der Waals surface area contributed by atoms with Crippen LogP contribution in [0.2, 0.25) is 0 Å². The molecule has 0 aliphatic carbocycles. The molecule has 0 radical (unpaired) electrons. The number of nitriles is 1. The van der Waals surface area contributed by atoms with Crippen molar-refractivity contribution in [3.05, 3.63) is 29.3 Å². The van der Waals surface area contributed by atoms with Gasteiger partial charge in [0.05, 0.1) is 11.3 Å². The van der Waals surface area contributed by atoms with Crippen LogP contribution in [0.3, 0.4) is 0 Å². The predicted octanol–water partition coefficient (Wildman–Crippen LogP) is 0.259. The van der Waals surface area contributed by atoms with Gasteiger partial charge in [0.15, 0.2) is 0 Å². The topological polar surface area (TPSA) is 99.1 Å². The maximum Gasteiger partial charge on any atom is 0.274 e. The number of nitrogen functional groups attached to an aromatic ring is 1. The third kappa shape index (κ3) is 1.75. The highest BCUT2D eigenvalue weighted by Gasteiger charge is 2.06. The van der Waals surface area contributed by atoms with Gasteiger partial charge in [-0.05, 0) is 18.2 Å². The molecule has 0 aliphatic rings. The first-order chi connectivity index (χ1) is 6.19. The van der Waals surface area contributed by atoms with Gasteiger partial charge in [-0.1, -0.05) is 0 Å². The van der Waals surface area contributed by atoms with Crippen LogP contribution in [-0.2, 0) is 0 Å².